The van der Waals surface area contributed by atoms with Crippen molar-refractivity contribution in [3.63, 3.8) is 0 Å². The van der Waals surface area contributed by atoms with Crippen molar-refractivity contribution in [3.8, 4) is 0 Å². The second kappa shape index (κ2) is 38.8. The molecule has 0 saturated heterocycles. The molecule has 45 heavy (non-hydrogen) atoms. The van der Waals surface area contributed by atoms with E-state index < -0.39 is 0 Å². The first kappa shape index (κ1) is 43.6. The average Bonchev–Trinajstić information content (AvgIpc) is 3.03. The Kier molecular flexibility index (Phi) is 37.6. The van der Waals surface area contributed by atoms with Crippen molar-refractivity contribution in [3.05, 3.63) is 24.3 Å². The first-order valence-electron chi connectivity index (χ1n) is 20.2. The van der Waals surface area contributed by atoms with Crippen LogP contribution in [-0.2, 0) is 14.3 Å². The summed E-state index contributed by atoms with van der Waals surface area (Å²) in [6.45, 7) is 4.53. The van der Waals surface area contributed by atoms with E-state index in [1.165, 1.54) is 161 Å². The van der Waals surface area contributed by atoms with E-state index in [0.29, 0.717) is 12.8 Å². The largest absolute Gasteiger partial charge is 0.393 e. The Labute approximate surface area is 282 Å². The Morgan fingerprint density at radius 1 is 0.356 bits per heavy atom. The molecular weight excluding hydrogens is 552 g/mol. The summed E-state index contributed by atoms with van der Waals surface area (Å²) >= 11 is 0. The molecule has 3 heteroatoms. The van der Waals surface area contributed by atoms with Crippen molar-refractivity contribution in [1.82, 2.24) is 0 Å². The fourth-order valence-electron chi connectivity index (χ4n) is 6.01. The molecule has 0 radical (unpaired) electrons. The van der Waals surface area contributed by atoms with Gasteiger partial charge in [0.2, 0.25) is 0 Å². The van der Waals surface area contributed by atoms with Gasteiger partial charge in [-0.15, -0.1) is 0 Å². The van der Waals surface area contributed by atoms with Gasteiger partial charge in [0.15, 0.2) is 0 Å². The predicted molar refractivity (Wildman–Crippen MR) is 198 cm³/mol. The van der Waals surface area contributed by atoms with E-state index in [4.69, 9.17) is 4.74 Å². The molecule has 264 valence electrons. The zero-order valence-corrected chi connectivity index (χ0v) is 30.6. The van der Waals surface area contributed by atoms with Crippen molar-refractivity contribution < 1.29 is 14.3 Å². The van der Waals surface area contributed by atoms with Gasteiger partial charge in [-0.3, -0.25) is 9.59 Å². The molecule has 0 unspecified atom stereocenters. The van der Waals surface area contributed by atoms with Crippen LogP contribution < -0.4 is 0 Å². The summed E-state index contributed by atoms with van der Waals surface area (Å²) in [6.07, 6.45) is 51.0. The minimum atomic E-state index is -0.339. The highest BCUT2D eigenvalue weighted by molar-refractivity contribution is 5.85. The van der Waals surface area contributed by atoms with Crippen molar-refractivity contribution in [2.75, 3.05) is 0 Å². The third kappa shape index (κ3) is 38.7. The van der Waals surface area contributed by atoms with E-state index >= 15 is 0 Å². The molecule has 0 aliphatic carbocycles. The highest BCUT2D eigenvalue weighted by Crippen LogP contribution is 2.16. The number of allylic oxidation sites excluding steroid dienone is 4. The zero-order chi connectivity index (χ0) is 32.7. The van der Waals surface area contributed by atoms with Crippen molar-refractivity contribution >= 4 is 11.9 Å². The van der Waals surface area contributed by atoms with Gasteiger partial charge in [-0.25, -0.2) is 0 Å². The maximum atomic E-state index is 12.0. The van der Waals surface area contributed by atoms with Crippen LogP contribution in [0.3, 0.4) is 0 Å². The molecule has 0 atom stereocenters. The van der Waals surface area contributed by atoms with Crippen molar-refractivity contribution in [1.29, 1.82) is 0 Å². The molecule has 0 aliphatic heterocycles. The van der Waals surface area contributed by atoms with Crippen LogP contribution in [0.5, 0.6) is 0 Å². The Hall–Kier alpha value is -1.38. The molecule has 0 aliphatic rings. The van der Waals surface area contributed by atoms with Gasteiger partial charge in [0, 0.05) is 12.8 Å². The number of carbonyl (C=O) groups excluding carboxylic acids is 2. The summed E-state index contributed by atoms with van der Waals surface area (Å²) in [5.74, 6) is -0.672. The van der Waals surface area contributed by atoms with Gasteiger partial charge < -0.3 is 4.74 Å². The van der Waals surface area contributed by atoms with Crippen LogP contribution in [0.2, 0.25) is 0 Å². The Morgan fingerprint density at radius 2 is 0.622 bits per heavy atom. The van der Waals surface area contributed by atoms with Crippen LogP contribution in [0.15, 0.2) is 24.3 Å². The molecule has 0 aromatic carbocycles. The molecule has 0 amide bonds. The SMILES string of the molecule is CCCCC/C=C\C/C=C\CCCCCCCC(=O)OC(=O)CCCCCCCCCCCCCCCCCCCCCCC. The van der Waals surface area contributed by atoms with Gasteiger partial charge in [0.25, 0.3) is 0 Å². The lowest BCUT2D eigenvalue weighted by Gasteiger charge is -2.05. The number of hydrogen-bond donors (Lipinski definition) is 0. The van der Waals surface area contributed by atoms with E-state index in [2.05, 4.69) is 38.2 Å². The van der Waals surface area contributed by atoms with E-state index in [-0.39, 0.29) is 11.9 Å². The van der Waals surface area contributed by atoms with Crippen LogP contribution in [-0.4, -0.2) is 11.9 Å². The monoisotopic (exact) mass is 631 g/mol. The number of ether oxygens (including phenoxy) is 1. The molecule has 0 aromatic heterocycles. The van der Waals surface area contributed by atoms with Crippen LogP contribution >= 0.6 is 0 Å². The quantitative estimate of drug-likeness (QED) is 0.0299. The Morgan fingerprint density at radius 3 is 0.978 bits per heavy atom. The van der Waals surface area contributed by atoms with E-state index in [1.807, 2.05) is 0 Å². The molecule has 3 nitrogen and oxygen atoms in total. The lowest BCUT2D eigenvalue weighted by Crippen LogP contribution is -2.11. The van der Waals surface area contributed by atoms with Gasteiger partial charge in [0.1, 0.15) is 0 Å². The molecule has 0 aromatic rings. The second-order valence-electron chi connectivity index (χ2n) is 13.6. The van der Waals surface area contributed by atoms with Crippen molar-refractivity contribution in [2.24, 2.45) is 0 Å². The highest BCUT2D eigenvalue weighted by atomic mass is 16.6. The summed E-state index contributed by atoms with van der Waals surface area (Å²) in [5.41, 5.74) is 0. The Bertz CT molecular complexity index is 665. The van der Waals surface area contributed by atoms with Gasteiger partial charge in [-0.1, -0.05) is 199 Å². The number of unbranched alkanes of at least 4 members (excludes halogenated alkanes) is 28. The first-order valence-corrected chi connectivity index (χ1v) is 20.2. The molecule has 0 heterocycles. The number of rotatable bonds is 36. The van der Waals surface area contributed by atoms with Crippen LogP contribution in [0.1, 0.15) is 232 Å². The van der Waals surface area contributed by atoms with Crippen LogP contribution in [0, 0.1) is 0 Å². The normalized spacial score (nSPS) is 11.7. The third-order valence-corrected chi connectivity index (χ3v) is 9.04. The lowest BCUT2D eigenvalue weighted by atomic mass is 10.0. The number of esters is 2. The van der Waals surface area contributed by atoms with Crippen LogP contribution in [0.4, 0.5) is 0 Å². The van der Waals surface area contributed by atoms with Gasteiger partial charge in [0.05, 0.1) is 0 Å². The fraction of sp³-hybridized carbons (Fsp3) is 0.857. The summed E-state index contributed by atoms with van der Waals surface area (Å²) < 4.78 is 5.02. The standard InChI is InChI=1S/C42H78O3/c1-3-5-7-9-11-13-15-17-19-20-21-22-23-24-26-28-30-32-34-36-38-40-42(44)45-41(43)39-37-35-33-31-29-27-25-18-16-14-12-10-8-6-4-2/h12,14,18,25H,3-11,13,15-17,19-24,26-40H2,1-2H3/b14-12-,25-18-. The molecule has 0 spiro atoms. The highest BCUT2D eigenvalue weighted by Gasteiger charge is 2.09. The molecular formula is C42H78O3. The van der Waals surface area contributed by atoms with E-state index in [1.54, 1.807) is 0 Å². The summed E-state index contributed by atoms with van der Waals surface area (Å²) in [7, 11) is 0. The smallest absolute Gasteiger partial charge is 0.313 e. The summed E-state index contributed by atoms with van der Waals surface area (Å²) in [5, 5.41) is 0. The molecule has 0 bridgehead atoms. The van der Waals surface area contributed by atoms with Gasteiger partial charge in [-0.2, -0.15) is 0 Å². The Balaban J connectivity index is 3.31. The van der Waals surface area contributed by atoms with Crippen LogP contribution in [0.25, 0.3) is 0 Å². The van der Waals surface area contributed by atoms with Gasteiger partial charge >= 0.3 is 11.9 Å². The van der Waals surface area contributed by atoms with Crippen molar-refractivity contribution in [2.45, 2.75) is 232 Å². The van der Waals surface area contributed by atoms with E-state index in [0.717, 1.165) is 44.9 Å². The maximum absolute atomic E-state index is 12.0. The maximum Gasteiger partial charge on any atom is 0.313 e. The minimum Gasteiger partial charge on any atom is -0.393 e. The number of hydrogen-bond acceptors (Lipinski definition) is 3. The summed E-state index contributed by atoms with van der Waals surface area (Å²) in [6, 6.07) is 0. The summed E-state index contributed by atoms with van der Waals surface area (Å²) in [4.78, 5) is 23.9. The minimum absolute atomic E-state index is 0.333. The second-order valence-corrected chi connectivity index (χ2v) is 13.6. The molecule has 0 fully saturated rings. The predicted octanol–water partition coefficient (Wildman–Crippen LogP) is 14.5. The fourth-order valence-corrected chi connectivity index (χ4v) is 6.01. The first-order chi connectivity index (χ1) is 22.2. The van der Waals surface area contributed by atoms with E-state index in [9.17, 15) is 9.59 Å². The zero-order valence-electron chi connectivity index (χ0n) is 30.6. The van der Waals surface area contributed by atoms with Gasteiger partial charge in [-0.05, 0) is 44.9 Å². The molecule has 0 saturated carbocycles. The lowest BCUT2D eigenvalue weighted by molar-refractivity contribution is -0.159. The number of carbonyl (C=O) groups is 2. The third-order valence-electron chi connectivity index (χ3n) is 9.04. The molecule has 0 N–H and O–H groups in total. The molecule has 0 rings (SSSR count). The topological polar surface area (TPSA) is 43.4 Å². The average molecular weight is 631 g/mol.